The summed E-state index contributed by atoms with van der Waals surface area (Å²) < 4.78 is 51.6. The lowest BCUT2D eigenvalue weighted by Crippen LogP contribution is -2.40. The number of hydrogen-bond donors (Lipinski definition) is 2. The lowest BCUT2D eigenvalue weighted by atomic mass is 9.59. The van der Waals surface area contributed by atoms with E-state index in [9.17, 15) is 18.3 Å². The third-order valence-corrected chi connectivity index (χ3v) is 9.47. The van der Waals surface area contributed by atoms with Crippen LogP contribution in [0.4, 0.5) is 13.2 Å². The van der Waals surface area contributed by atoms with Gasteiger partial charge in [0.1, 0.15) is 11.3 Å². The maximum Gasteiger partial charge on any atom is 0.416 e. The summed E-state index contributed by atoms with van der Waals surface area (Å²) in [4.78, 5) is 4.74. The normalized spacial score (nSPS) is 23.9. The van der Waals surface area contributed by atoms with Gasteiger partial charge in [-0.25, -0.2) is 4.98 Å². The highest BCUT2D eigenvalue weighted by molar-refractivity contribution is 7.79. The zero-order valence-corrected chi connectivity index (χ0v) is 26.4. The van der Waals surface area contributed by atoms with Gasteiger partial charge in [0.2, 0.25) is 0 Å². The second-order valence-corrected chi connectivity index (χ2v) is 13.3. The van der Waals surface area contributed by atoms with Gasteiger partial charge in [-0.05, 0) is 60.5 Å². The van der Waals surface area contributed by atoms with E-state index in [1.807, 2.05) is 0 Å². The summed E-state index contributed by atoms with van der Waals surface area (Å²) in [7, 11) is 0. The number of aliphatic hydroxyl groups is 1. The van der Waals surface area contributed by atoms with E-state index in [1.54, 1.807) is 6.26 Å². The number of pyridine rings is 1. The van der Waals surface area contributed by atoms with Gasteiger partial charge < -0.3 is 14.6 Å². The maximum atomic E-state index is 13.1. The van der Waals surface area contributed by atoms with Crippen LogP contribution in [0.15, 0.2) is 24.3 Å². The highest BCUT2D eigenvalue weighted by Gasteiger charge is 2.53. The molecule has 3 heterocycles. The van der Waals surface area contributed by atoms with Gasteiger partial charge in [-0.1, -0.05) is 64.3 Å². The number of fused-ring (bicyclic) bond motifs is 4. The predicted molar refractivity (Wildman–Crippen MR) is 160 cm³/mol. The largest absolute Gasteiger partial charge is 0.416 e. The molecule has 0 radical (unpaired) electrons. The van der Waals surface area contributed by atoms with Crippen LogP contribution in [0.3, 0.4) is 0 Å². The minimum absolute atomic E-state index is 0.103. The van der Waals surface area contributed by atoms with Crippen molar-refractivity contribution in [3.8, 4) is 0 Å². The van der Waals surface area contributed by atoms with Crippen molar-refractivity contribution < 1.29 is 27.8 Å². The molecule has 0 bridgehead atoms. The number of benzene rings is 1. The van der Waals surface area contributed by atoms with Crippen molar-refractivity contribution >= 4 is 24.2 Å². The quantitative estimate of drug-likeness (QED) is 0.249. The number of aliphatic hydroxyl groups excluding tert-OH is 1. The van der Waals surface area contributed by atoms with Crippen LogP contribution in [0, 0.1) is 10.8 Å². The SMILES string of the molecule is CCC(C)(C)C.CS.OC1CC2(CCC2)Cc2nc(Cl)c3c(c21)C1(CCOCC1)O[C@H]3c1ccc(C(F)(F)F)cc1. The number of ether oxygens (including phenoxy) is 2. The van der Waals surface area contributed by atoms with Gasteiger partial charge in [0.25, 0.3) is 0 Å². The number of nitrogens with zero attached hydrogens (tertiary/aromatic N) is 1. The van der Waals surface area contributed by atoms with Crippen molar-refractivity contribution in [2.24, 2.45) is 10.8 Å². The Morgan fingerprint density at radius 2 is 1.61 bits per heavy atom. The zero-order chi connectivity index (χ0) is 30.2. The van der Waals surface area contributed by atoms with E-state index in [0.717, 1.165) is 48.2 Å². The molecule has 2 spiro atoms. The molecule has 4 aliphatic rings. The molecule has 2 fully saturated rings. The molecule has 2 aliphatic carbocycles. The topological polar surface area (TPSA) is 51.6 Å². The van der Waals surface area contributed by atoms with Crippen molar-refractivity contribution in [2.75, 3.05) is 19.5 Å². The Hall–Kier alpha value is -1.32. The number of hydrogen-bond acceptors (Lipinski definition) is 5. The number of aromatic nitrogens is 1. The fourth-order valence-electron chi connectivity index (χ4n) is 6.35. The molecule has 9 heteroatoms. The Morgan fingerprint density at radius 3 is 2.10 bits per heavy atom. The van der Waals surface area contributed by atoms with E-state index in [2.05, 4.69) is 40.3 Å². The molecule has 2 aromatic rings. The van der Waals surface area contributed by atoms with Crippen molar-refractivity contribution in [3.63, 3.8) is 0 Å². The highest BCUT2D eigenvalue weighted by Crippen LogP contribution is 2.60. The molecule has 4 nitrogen and oxygen atoms in total. The second-order valence-electron chi connectivity index (χ2n) is 12.9. The van der Waals surface area contributed by atoms with Crippen LogP contribution >= 0.6 is 24.2 Å². The van der Waals surface area contributed by atoms with Gasteiger partial charge in [0, 0.05) is 48.4 Å². The minimum atomic E-state index is -4.41. The molecule has 1 aromatic carbocycles. The van der Waals surface area contributed by atoms with Crippen molar-refractivity contribution in [1.82, 2.24) is 4.98 Å². The number of thiol groups is 1. The molecule has 2 aliphatic heterocycles. The fraction of sp³-hybridized carbons (Fsp3) is 0.656. The zero-order valence-electron chi connectivity index (χ0n) is 24.7. The summed E-state index contributed by atoms with van der Waals surface area (Å²) in [5, 5.41) is 11.6. The standard InChI is InChI=1S/C25H25ClF3NO3.C6H14.CH4S/c26-22-19-20(18-16(30-22)12-23(6-1-7-23)13-17(18)31)24(8-10-32-11-9-24)33-21(19)14-2-4-15(5-3-14)25(27,28)29;1-5-6(2,3)4;1-2/h2-5,17,21,31H,1,6-13H2;5H2,1-4H3;2H,1H3/t17?,21-;;/m0../s1. The lowest BCUT2D eigenvalue weighted by molar-refractivity contribution is -0.137. The first kappa shape index (κ1) is 32.6. The number of rotatable bonds is 1. The highest BCUT2D eigenvalue weighted by atomic mass is 35.5. The molecule has 6 rings (SSSR count). The summed E-state index contributed by atoms with van der Waals surface area (Å²) in [5.41, 5.74) is 3.09. The van der Waals surface area contributed by atoms with Crippen LogP contribution < -0.4 is 0 Å². The Labute approximate surface area is 252 Å². The Balaban J connectivity index is 0.000000433. The second kappa shape index (κ2) is 12.4. The van der Waals surface area contributed by atoms with E-state index >= 15 is 0 Å². The van der Waals surface area contributed by atoms with Crippen molar-refractivity contribution in [3.05, 3.63) is 62.9 Å². The molecule has 1 saturated carbocycles. The van der Waals surface area contributed by atoms with E-state index in [-0.39, 0.29) is 5.41 Å². The van der Waals surface area contributed by atoms with Gasteiger partial charge in [-0.2, -0.15) is 25.8 Å². The average Bonchev–Trinajstić information content (AvgIpc) is 3.23. The lowest BCUT2D eigenvalue weighted by Gasteiger charge is -2.48. The minimum Gasteiger partial charge on any atom is -0.388 e. The van der Waals surface area contributed by atoms with E-state index < -0.39 is 29.5 Å². The Bertz CT molecular complexity index is 1200. The molecule has 0 amide bonds. The smallest absolute Gasteiger partial charge is 0.388 e. The Kier molecular flexibility index (Phi) is 9.82. The van der Waals surface area contributed by atoms with Gasteiger partial charge in [-0.15, -0.1) is 0 Å². The number of alkyl halides is 3. The van der Waals surface area contributed by atoms with Crippen LogP contribution in [0.1, 0.15) is 118 Å². The molecule has 1 aromatic heterocycles. The first-order valence-corrected chi connectivity index (χ1v) is 15.8. The van der Waals surface area contributed by atoms with E-state index in [4.69, 9.17) is 26.1 Å². The molecular formula is C32H43ClF3NO3S. The monoisotopic (exact) mass is 613 g/mol. The first-order chi connectivity index (χ1) is 19.3. The fourth-order valence-corrected chi connectivity index (χ4v) is 6.64. The molecule has 1 N–H and O–H groups in total. The number of halogens is 4. The molecule has 2 atom stereocenters. The van der Waals surface area contributed by atoms with Crippen molar-refractivity contribution in [1.29, 1.82) is 0 Å². The third-order valence-electron chi connectivity index (χ3n) is 9.18. The summed E-state index contributed by atoms with van der Waals surface area (Å²) in [5.74, 6) is 0. The van der Waals surface area contributed by atoms with E-state index in [0.29, 0.717) is 54.2 Å². The first-order valence-electron chi connectivity index (χ1n) is 14.6. The maximum absolute atomic E-state index is 13.1. The molecular weight excluding hydrogens is 571 g/mol. The molecule has 41 heavy (non-hydrogen) atoms. The van der Waals surface area contributed by atoms with Crippen LogP contribution in [0.25, 0.3) is 0 Å². The van der Waals surface area contributed by atoms with Crippen molar-refractivity contribution in [2.45, 2.75) is 103 Å². The van der Waals surface area contributed by atoms with Gasteiger partial charge in [0.05, 0.1) is 17.3 Å². The van der Waals surface area contributed by atoms with Crippen LogP contribution in [0.5, 0.6) is 0 Å². The molecule has 1 unspecified atom stereocenters. The van der Waals surface area contributed by atoms with Crippen LogP contribution in [-0.4, -0.2) is 29.6 Å². The predicted octanol–water partition coefficient (Wildman–Crippen LogP) is 9.02. The average molecular weight is 614 g/mol. The van der Waals surface area contributed by atoms with Crippen LogP contribution in [-0.2, 0) is 27.7 Å². The van der Waals surface area contributed by atoms with Gasteiger partial charge in [-0.3, -0.25) is 0 Å². The third kappa shape index (κ3) is 6.62. The molecule has 1 saturated heterocycles. The summed E-state index contributed by atoms with van der Waals surface area (Å²) >= 11 is 10.3. The summed E-state index contributed by atoms with van der Waals surface area (Å²) in [6, 6.07) is 5.04. The summed E-state index contributed by atoms with van der Waals surface area (Å²) in [6.07, 6.45) is 3.30. The Morgan fingerprint density at radius 1 is 1.02 bits per heavy atom. The molecule has 228 valence electrons. The summed E-state index contributed by atoms with van der Waals surface area (Å²) in [6.45, 7) is 9.95. The van der Waals surface area contributed by atoms with Gasteiger partial charge in [0.15, 0.2) is 0 Å². The van der Waals surface area contributed by atoms with E-state index in [1.165, 1.54) is 25.0 Å². The van der Waals surface area contributed by atoms with Crippen LogP contribution in [0.2, 0.25) is 5.15 Å². The van der Waals surface area contributed by atoms with Gasteiger partial charge >= 0.3 is 6.18 Å².